The molecule has 3 nitrogen and oxygen atoms in total. The summed E-state index contributed by atoms with van der Waals surface area (Å²) in [6, 6.07) is 0. The first-order valence-electron chi connectivity index (χ1n) is 5.59. The van der Waals surface area contributed by atoms with Gasteiger partial charge in [-0.15, -0.1) is 0 Å². The fraction of sp³-hybridized carbons (Fsp3) is 1.00. The molecule has 1 aliphatic heterocycles. The minimum atomic E-state index is 0.183. The molecule has 0 saturated carbocycles. The lowest BCUT2D eigenvalue weighted by molar-refractivity contribution is 0.0874. The molecule has 2 N–H and O–H groups in total. The van der Waals surface area contributed by atoms with Gasteiger partial charge >= 0.3 is 0 Å². The van der Waals surface area contributed by atoms with Crippen LogP contribution in [0.4, 0.5) is 0 Å². The molecule has 0 aromatic rings. The van der Waals surface area contributed by atoms with Crippen molar-refractivity contribution in [2.24, 2.45) is 5.92 Å². The van der Waals surface area contributed by atoms with Gasteiger partial charge in [-0.3, -0.25) is 0 Å². The summed E-state index contributed by atoms with van der Waals surface area (Å²) in [5.41, 5.74) is 0.183. The van der Waals surface area contributed by atoms with Crippen LogP contribution in [0.3, 0.4) is 0 Å². The molecule has 0 aliphatic carbocycles. The maximum absolute atomic E-state index is 5.58. The van der Waals surface area contributed by atoms with Crippen LogP contribution in [0, 0.1) is 5.92 Å². The highest BCUT2D eigenvalue weighted by atomic mass is 16.5. The van der Waals surface area contributed by atoms with Gasteiger partial charge in [0.1, 0.15) is 0 Å². The minimum absolute atomic E-state index is 0.183. The molecule has 0 aromatic heterocycles. The Bertz CT molecular complexity index is 175. The molecule has 0 bridgehead atoms. The minimum Gasteiger partial charge on any atom is -0.377 e. The monoisotopic (exact) mass is 200 g/mol. The van der Waals surface area contributed by atoms with E-state index in [0.717, 1.165) is 26.1 Å². The quantitative estimate of drug-likeness (QED) is 0.694. The van der Waals surface area contributed by atoms with E-state index >= 15 is 0 Å². The fourth-order valence-electron chi connectivity index (χ4n) is 1.90. The van der Waals surface area contributed by atoms with Crippen LogP contribution in [0.25, 0.3) is 0 Å². The second-order valence-electron chi connectivity index (χ2n) is 4.72. The van der Waals surface area contributed by atoms with Gasteiger partial charge in [-0.2, -0.15) is 0 Å². The standard InChI is InChI=1S/C11H24N2O/c1-9(7-12-4)8-13-11(3)5-6-14-10(11)2/h9-10,12-13H,5-8H2,1-4H3. The normalized spacial score (nSPS) is 34.7. The van der Waals surface area contributed by atoms with Crippen LogP contribution in [0.5, 0.6) is 0 Å². The van der Waals surface area contributed by atoms with Gasteiger partial charge in [0, 0.05) is 12.1 Å². The number of hydrogen-bond donors (Lipinski definition) is 2. The van der Waals surface area contributed by atoms with Gasteiger partial charge in [0.15, 0.2) is 0 Å². The third-order valence-electron chi connectivity index (χ3n) is 3.29. The summed E-state index contributed by atoms with van der Waals surface area (Å²) in [5.74, 6) is 0.671. The molecule has 1 saturated heterocycles. The summed E-state index contributed by atoms with van der Waals surface area (Å²) in [5, 5.41) is 6.82. The van der Waals surface area contributed by atoms with E-state index in [4.69, 9.17) is 4.74 Å². The van der Waals surface area contributed by atoms with Crippen molar-refractivity contribution in [3.05, 3.63) is 0 Å². The van der Waals surface area contributed by atoms with E-state index in [1.54, 1.807) is 0 Å². The second-order valence-corrected chi connectivity index (χ2v) is 4.72. The molecule has 1 fully saturated rings. The van der Waals surface area contributed by atoms with Gasteiger partial charge < -0.3 is 15.4 Å². The summed E-state index contributed by atoms with van der Waals surface area (Å²) >= 11 is 0. The molecule has 1 rings (SSSR count). The van der Waals surface area contributed by atoms with Crippen molar-refractivity contribution in [1.82, 2.24) is 10.6 Å². The van der Waals surface area contributed by atoms with Crippen molar-refractivity contribution in [1.29, 1.82) is 0 Å². The van der Waals surface area contributed by atoms with E-state index in [1.165, 1.54) is 0 Å². The van der Waals surface area contributed by atoms with Gasteiger partial charge in [0.2, 0.25) is 0 Å². The second kappa shape index (κ2) is 5.10. The zero-order chi connectivity index (χ0) is 10.6. The largest absolute Gasteiger partial charge is 0.377 e. The summed E-state index contributed by atoms with van der Waals surface area (Å²) in [6.45, 7) is 9.70. The Hall–Kier alpha value is -0.120. The molecule has 0 radical (unpaired) electrons. The lowest BCUT2D eigenvalue weighted by Crippen LogP contribution is -2.49. The number of hydrogen-bond acceptors (Lipinski definition) is 3. The lowest BCUT2D eigenvalue weighted by atomic mass is 9.94. The number of rotatable bonds is 5. The molecular weight excluding hydrogens is 176 g/mol. The zero-order valence-electron chi connectivity index (χ0n) is 9.89. The van der Waals surface area contributed by atoms with E-state index in [0.29, 0.717) is 12.0 Å². The maximum atomic E-state index is 5.58. The van der Waals surface area contributed by atoms with Crippen molar-refractivity contribution in [3.8, 4) is 0 Å². The topological polar surface area (TPSA) is 33.3 Å². The Morgan fingerprint density at radius 3 is 2.71 bits per heavy atom. The van der Waals surface area contributed by atoms with Crippen LogP contribution in [-0.4, -0.2) is 38.4 Å². The molecule has 3 heteroatoms. The predicted octanol–water partition coefficient (Wildman–Crippen LogP) is 0.999. The van der Waals surface area contributed by atoms with Crippen molar-refractivity contribution >= 4 is 0 Å². The number of nitrogens with one attached hydrogen (secondary N) is 2. The van der Waals surface area contributed by atoms with Crippen molar-refractivity contribution in [3.63, 3.8) is 0 Å². The van der Waals surface area contributed by atoms with Crippen molar-refractivity contribution in [2.45, 2.75) is 38.8 Å². The molecule has 84 valence electrons. The van der Waals surface area contributed by atoms with Crippen LogP contribution in [0.2, 0.25) is 0 Å². The van der Waals surface area contributed by atoms with Crippen LogP contribution in [-0.2, 0) is 4.74 Å². The van der Waals surface area contributed by atoms with Gasteiger partial charge in [0.25, 0.3) is 0 Å². The Balaban J connectivity index is 2.29. The first-order valence-corrected chi connectivity index (χ1v) is 5.59. The Morgan fingerprint density at radius 2 is 2.21 bits per heavy atom. The molecule has 0 amide bonds. The van der Waals surface area contributed by atoms with Crippen LogP contribution >= 0.6 is 0 Å². The average molecular weight is 200 g/mol. The summed E-state index contributed by atoms with van der Waals surface area (Å²) in [7, 11) is 2.00. The molecular formula is C11H24N2O. The summed E-state index contributed by atoms with van der Waals surface area (Å²) < 4.78 is 5.58. The van der Waals surface area contributed by atoms with Gasteiger partial charge in [-0.1, -0.05) is 6.92 Å². The predicted molar refractivity (Wildman–Crippen MR) is 59.5 cm³/mol. The van der Waals surface area contributed by atoms with Crippen molar-refractivity contribution < 1.29 is 4.74 Å². The third-order valence-corrected chi connectivity index (χ3v) is 3.29. The highest BCUT2D eigenvalue weighted by Gasteiger charge is 2.36. The summed E-state index contributed by atoms with van der Waals surface area (Å²) in [4.78, 5) is 0. The lowest BCUT2D eigenvalue weighted by Gasteiger charge is -2.30. The van der Waals surface area contributed by atoms with Crippen LogP contribution < -0.4 is 10.6 Å². The number of ether oxygens (including phenoxy) is 1. The summed E-state index contributed by atoms with van der Waals surface area (Å²) in [6.07, 6.45) is 1.46. The van der Waals surface area contributed by atoms with E-state index in [2.05, 4.69) is 31.4 Å². The third kappa shape index (κ3) is 2.94. The van der Waals surface area contributed by atoms with E-state index in [1.807, 2.05) is 7.05 Å². The molecule has 1 heterocycles. The van der Waals surface area contributed by atoms with Gasteiger partial charge in [0.05, 0.1) is 6.10 Å². The van der Waals surface area contributed by atoms with Gasteiger partial charge in [-0.25, -0.2) is 0 Å². The first-order chi connectivity index (χ1) is 6.58. The average Bonchev–Trinajstić information content (AvgIpc) is 2.46. The molecule has 0 spiro atoms. The molecule has 3 unspecified atom stereocenters. The first kappa shape index (κ1) is 12.0. The zero-order valence-corrected chi connectivity index (χ0v) is 9.89. The van der Waals surface area contributed by atoms with E-state index in [9.17, 15) is 0 Å². The molecule has 3 atom stereocenters. The van der Waals surface area contributed by atoms with Gasteiger partial charge in [-0.05, 0) is 46.3 Å². The Labute approximate surface area is 87.6 Å². The van der Waals surface area contributed by atoms with Crippen LogP contribution in [0.15, 0.2) is 0 Å². The highest BCUT2D eigenvalue weighted by Crippen LogP contribution is 2.24. The SMILES string of the molecule is CNCC(C)CNC1(C)CCOC1C. The van der Waals surface area contributed by atoms with Crippen LogP contribution in [0.1, 0.15) is 27.2 Å². The molecule has 1 aliphatic rings. The maximum Gasteiger partial charge on any atom is 0.0726 e. The Morgan fingerprint density at radius 1 is 1.50 bits per heavy atom. The van der Waals surface area contributed by atoms with E-state index in [-0.39, 0.29) is 5.54 Å². The van der Waals surface area contributed by atoms with Crippen molar-refractivity contribution in [2.75, 3.05) is 26.7 Å². The highest BCUT2D eigenvalue weighted by molar-refractivity contribution is 4.93. The molecule has 14 heavy (non-hydrogen) atoms. The Kier molecular flexibility index (Phi) is 4.35. The van der Waals surface area contributed by atoms with E-state index < -0.39 is 0 Å². The smallest absolute Gasteiger partial charge is 0.0726 e. The fourth-order valence-corrected chi connectivity index (χ4v) is 1.90. The molecule has 0 aromatic carbocycles.